The number of imide groups is 1. The molecule has 24 heavy (non-hydrogen) atoms. The largest absolute Gasteiger partial charge is 0.366 e. The molecule has 126 valence electrons. The van der Waals surface area contributed by atoms with Crippen LogP contribution in [0, 0.1) is 12.8 Å². The molecule has 0 saturated carbocycles. The van der Waals surface area contributed by atoms with Crippen molar-refractivity contribution in [2.45, 2.75) is 26.7 Å². The lowest BCUT2D eigenvalue weighted by molar-refractivity contribution is -0.137. The van der Waals surface area contributed by atoms with E-state index in [4.69, 9.17) is 0 Å². The molecule has 0 spiro atoms. The number of likely N-dealkylation sites (tertiary alicyclic amines) is 1. The summed E-state index contributed by atoms with van der Waals surface area (Å²) in [5.74, 6) is 0.267. The Hall–Kier alpha value is -2.36. The lowest BCUT2D eigenvalue weighted by Gasteiger charge is -2.32. The van der Waals surface area contributed by atoms with E-state index in [0.717, 1.165) is 37.1 Å². The Morgan fingerprint density at radius 3 is 2.33 bits per heavy atom. The van der Waals surface area contributed by atoms with Crippen LogP contribution in [0.15, 0.2) is 42.6 Å². The predicted octanol–water partition coefficient (Wildman–Crippen LogP) is 2.99. The smallest absolute Gasteiger partial charge is 0.278 e. The van der Waals surface area contributed by atoms with Gasteiger partial charge in [0, 0.05) is 19.6 Å². The second kappa shape index (κ2) is 6.63. The molecule has 2 aliphatic heterocycles. The van der Waals surface area contributed by atoms with Gasteiger partial charge in [0.05, 0.1) is 5.57 Å². The molecule has 3 rings (SSSR count). The van der Waals surface area contributed by atoms with Gasteiger partial charge < -0.3 is 4.90 Å². The highest BCUT2D eigenvalue weighted by Crippen LogP contribution is 2.33. The Kier molecular flexibility index (Phi) is 4.56. The number of hydrogen-bond donors (Lipinski definition) is 0. The van der Waals surface area contributed by atoms with Crippen molar-refractivity contribution in [2.75, 3.05) is 19.6 Å². The first-order chi connectivity index (χ1) is 11.5. The number of amides is 2. The van der Waals surface area contributed by atoms with Crippen LogP contribution in [0.1, 0.15) is 30.9 Å². The van der Waals surface area contributed by atoms with Crippen LogP contribution in [0.5, 0.6) is 0 Å². The van der Waals surface area contributed by atoms with Crippen LogP contribution in [0.2, 0.25) is 0 Å². The molecule has 1 saturated heterocycles. The first kappa shape index (κ1) is 16.5. The molecule has 2 heterocycles. The summed E-state index contributed by atoms with van der Waals surface area (Å²) in [5, 5.41) is 0. The molecule has 2 amide bonds. The number of hydrogen-bond acceptors (Lipinski definition) is 3. The number of carbonyl (C=O) groups excluding carboxylic acids is 2. The maximum atomic E-state index is 12.9. The zero-order valence-electron chi connectivity index (χ0n) is 14.4. The Morgan fingerprint density at radius 1 is 1.12 bits per heavy atom. The fraction of sp³-hybridized carbons (Fsp3) is 0.400. The van der Waals surface area contributed by atoms with Crippen LogP contribution in [-0.2, 0) is 9.59 Å². The number of rotatable bonds is 4. The molecule has 0 atom stereocenters. The Labute approximate surface area is 143 Å². The highest BCUT2D eigenvalue weighted by molar-refractivity contribution is 6.35. The minimum Gasteiger partial charge on any atom is -0.366 e. The third-order valence-electron chi connectivity index (χ3n) is 4.90. The van der Waals surface area contributed by atoms with Crippen molar-refractivity contribution in [3.05, 3.63) is 53.7 Å². The van der Waals surface area contributed by atoms with Gasteiger partial charge in [0.1, 0.15) is 5.70 Å². The Morgan fingerprint density at radius 2 is 1.75 bits per heavy atom. The number of benzene rings is 1. The summed E-state index contributed by atoms with van der Waals surface area (Å²) in [6, 6.07) is 7.82. The SMILES string of the molecule is C=CCN1C(=O)C(c2ccc(C)cc2)=C(N2CCC(C)CC2)C1=O. The Balaban J connectivity index is 2.05. The normalized spacial score (nSPS) is 19.4. The topological polar surface area (TPSA) is 40.6 Å². The van der Waals surface area contributed by atoms with Crippen LogP contribution >= 0.6 is 0 Å². The van der Waals surface area contributed by atoms with E-state index < -0.39 is 0 Å². The van der Waals surface area contributed by atoms with Gasteiger partial charge in [0.2, 0.25) is 0 Å². The summed E-state index contributed by atoms with van der Waals surface area (Å²) < 4.78 is 0. The van der Waals surface area contributed by atoms with E-state index in [1.807, 2.05) is 31.2 Å². The van der Waals surface area contributed by atoms with E-state index >= 15 is 0 Å². The van der Waals surface area contributed by atoms with Gasteiger partial charge in [-0.15, -0.1) is 6.58 Å². The first-order valence-electron chi connectivity index (χ1n) is 8.56. The second-order valence-electron chi connectivity index (χ2n) is 6.77. The van der Waals surface area contributed by atoms with Crippen LogP contribution in [0.4, 0.5) is 0 Å². The quantitative estimate of drug-likeness (QED) is 0.631. The number of carbonyl (C=O) groups is 2. The van der Waals surface area contributed by atoms with E-state index in [9.17, 15) is 9.59 Å². The summed E-state index contributed by atoms with van der Waals surface area (Å²) in [5.41, 5.74) is 3.06. The molecule has 0 radical (unpaired) electrons. The Bertz CT molecular complexity index is 695. The monoisotopic (exact) mass is 324 g/mol. The van der Waals surface area contributed by atoms with Crippen molar-refractivity contribution in [3.8, 4) is 0 Å². The lowest BCUT2D eigenvalue weighted by Crippen LogP contribution is -2.38. The van der Waals surface area contributed by atoms with Crippen molar-refractivity contribution in [1.82, 2.24) is 9.80 Å². The predicted molar refractivity (Wildman–Crippen MR) is 95.0 cm³/mol. The molecule has 1 fully saturated rings. The van der Waals surface area contributed by atoms with Gasteiger partial charge in [-0.05, 0) is 31.2 Å². The van der Waals surface area contributed by atoms with E-state index in [-0.39, 0.29) is 18.4 Å². The number of piperidine rings is 1. The third-order valence-corrected chi connectivity index (χ3v) is 4.90. The molecule has 1 aromatic rings. The molecule has 0 N–H and O–H groups in total. The fourth-order valence-electron chi connectivity index (χ4n) is 3.36. The van der Waals surface area contributed by atoms with Gasteiger partial charge in [-0.25, -0.2) is 0 Å². The van der Waals surface area contributed by atoms with Gasteiger partial charge >= 0.3 is 0 Å². The molecule has 0 bridgehead atoms. The standard InChI is InChI=1S/C20H24N2O2/c1-4-11-22-19(23)17(16-7-5-14(2)6-8-16)18(20(22)24)21-12-9-15(3)10-13-21/h4-8,15H,1,9-13H2,2-3H3. The van der Waals surface area contributed by atoms with Gasteiger partial charge in [0.25, 0.3) is 11.8 Å². The molecular formula is C20H24N2O2. The van der Waals surface area contributed by atoms with Crippen LogP contribution in [-0.4, -0.2) is 41.2 Å². The lowest BCUT2D eigenvalue weighted by atomic mass is 9.97. The highest BCUT2D eigenvalue weighted by Gasteiger charge is 2.41. The number of nitrogens with zero attached hydrogens (tertiary/aromatic N) is 2. The first-order valence-corrected chi connectivity index (χ1v) is 8.56. The molecule has 0 aliphatic carbocycles. The average molecular weight is 324 g/mol. The van der Waals surface area contributed by atoms with Crippen molar-refractivity contribution in [3.63, 3.8) is 0 Å². The average Bonchev–Trinajstić information content (AvgIpc) is 2.82. The van der Waals surface area contributed by atoms with E-state index in [0.29, 0.717) is 17.2 Å². The molecule has 1 aromatic carbocycles. The van der Waals surface area contributed by atoms with Crippen LogP contribution < -0.4 is 0 Å². The third kappa shape index (κ3) is 2.88. The van der Waals surface area contributed by atoms with Crippen molar-refractivity contribution in [2.24, 2.45) is 5.92 Å². The van der Waals surface area contributed by atoms with Crippen molar-refractivity contribution in [1.29, 1.82) is 0 Å². The van der Waals surface area contributed by atoms with Gasteiger partial charge in [-0.3, -0.25) is 14.5 Å². The zero-order chi connectivity index (χ0) is 17.3. The second-order valence-corrected chi connectivity index (χ2v) is 6.77. The summed E-state index contributed by atoms with van der Waals surface area (Å²) in [6.45, 7) is 9.82. The molecule has 4 nitrogen and oxygen atoms in total. The van der Waals surface area contributed by atoms with Crippen molar-refractivity contribution < 1.29 is 9.59 Å². The van der Waals surface area contributed by atoms with Gasteiger partial charge in [-0.2, -0.15) is 0 Å². The fourth-order valence-corrected chi connectivity index (χ4v) is 3.36. The molecule has 0 aromatic heterocycles. The summed E-state index contributed by atoms with van der Waals surface area (Å²) >= 11 is 0. The zero-order valence-corrected chi connectivity index (χ0v) is 14.4. The highest BCUT2D eigenvalue weighted by atomic mass is 16.2. The molecule has 4 heteroatoms. The summed E-state index contributed by atoms with van der Waals surface area (Å²) in [4.78, 5) is 29.2. The van der Waals surface area contributed by atoms with E-state index in [1.54, 1.807) is 6.08 Å². The maximum absolute atomic E-state index is 12.9. The molecule has 0 unspecified atom stereocenters. The van der Waals surface area contributed by atoms with Gasteiger partial charge in [-0.1, -0.05) is 42.8 Å². The van der Waals surface area contributed by atoms with E-state index in [2.05, 4.69) is 18.4 Å². The van der Waals surface area contributed by atoms with Gasteiger partial charge in [0.15, 0.2) is 0 Å². The molecule has 2 aliphatic rings. The minimum atomic E-state index is -0.211. The molecular weight excluding hydrogens is 300 g/mol. The summed E-state index contributed by atoms with van der Waals surface area (Å²) in [7, 11) is 0. The van der Waals surface area contributed by atoms with E-state index in [1.165, 1.54) is 4.90 Å². The minimum absolute atomic E-state index is 0.190. The summed E-state index contributed by atoms with van der Waals surface area (Å²) in [6.07, 6.45) is 3.70. The van der Waals surface area contributed by atoms with Crippen LogP contribution in [0.25, 0.3) is 5.57 Å². The van der Waals surface area contributed by atoms with Crippen molar-refractivity contribution >= 4 is 17.4 Å². The number of aryl methyl sites for hydroxylation is 1. The van der Waals surface area contributed by atoms with Crippen LogP contribution in [0.3, 0.4) is 0 Å². The maximum Gasteiger partial charge on any atom is 0.278 e.